The van der Waals surface area contributed by atoms with E-state index in [1.165, 1.54) is 34.7 Å². The van der Waals surface area contributed by atoms with Gasteiger partial charge in [-0.3, -0.25) is 4.79 Å². The molecule has 3 heterocycles. The van der Waals surface area contributed by atoms with Crippen LogP contribution in [-0.2, 0) is 12.0 Å². The van der Waals surface area contributed by atoms with Gasteiger partial charge in [0.1, 0.15) is 11.3 Å². The summed E-state index contributed by atoms with van der Waals surface area (Å²) in [6.45, 7) is 12.6. The van der Waals surface area contributed by atoms with E-state index in [1.807, 2.05) is 6.92 Å². The minimum Gasteiger partial charge on any atom is -0.507 e. The summed E-state index contributed by atoms with van der Waals surface area (Å²) in [5.74, 6) is -0.491. The highest BCUT2D eigenvalue weighted by Gasteiger charge is 2.46. The summed E-state index contributed by atoms with van der Waals surface area (Å²) in [5.41, 5.74) is 4.72. The average molecular weight is 430 g/mol. The van der Waals surface area contributed by atoms with Gasteiger partial charge in [-0.15, -0.1) is 0 Å². The smallest absolute Gasteiger partial charge is 0.196 e. The number of benzene rings is 2. The SMILES string of the molecule is [C-]#[N+]C1=CC(C(=O)c2cc(Cl)ccc2O)=CN2CCc3c([nH]c4ccc(C)cc34)C12C. The van der Waals surface area contributed by atoms with Gasteiger partial charge in [0.25, 0.3) is 0 Å². The number of rotatable bonds is 2. The van der Waals surface area contributed by atoms with E-state index in [-0.39, 0.29) is 17.1 Å². The van der Waals surface area contributed by atoms with E-state index >= 15 is 0 Å². The number of ketones is 1. The van der Waals surface area contributed by atoms with Crippen LogP contribution in [0, 0.1) is 13.5 Å². The van der Waals surface area contributed by atoms with Crippen LogP contribution in [0.4, 0.5) is 0 Å². The Morgan fingerprint density at radius 1 is 1.29 bits per heavy atom. The molecule has 31 heavy (non-hydrogen) atoms. The highest BCUT2D eigenvalue weighted by Crippen LogP contribution is 2.46. The molecule has 2 aliphatic rings. The summed E-state index contributed by atoms with van der Waals surface area (Å²) < 4.78 is 0. The maximum absolute atomic E-state index is 13.2. The molecule has 154 valence electrons. The molecule has 5 nitrogen and oxygen atoms in total. The Morgan fingerprint density at radius 2 is 2.10 bits per heavy atom. The predicted molar refractivity (Wildman–Crippen MR) is 121 cm³/mol. The largest absolute Gasteiger partial charge is 0.507 e. The van der Waals surface area contributed by atoms with Crippen molar-refractivity contribution in [2.75, 3.05) is 6.54 Å². The maximum atomic E-state index is 13.2. The third kappa shape index (κ3) is 2.79. The summed E-state index contributed by atoms with van der Waals surface area (Å²) in [7, 11) is 0. The van der Waals surface area contributed by atoms with Crippen molar-refractivity contribution in [3.63, 3.8) is 0 Å². The Balaban J connectivity index is 1.64. The van der Waals surface area contributed by atoms with Gasteiger partial charge in [0.05, 0.1) is 12.1 Å². The van der Waals surface area contributed by atoms with E-state index in [0.717, 1.165) is 17.6 Å². The van der Waals surface area contributed by atoms with Gasteiger partial charge in [-0.2, -0.15) is 0 Å². The Labute approximate surface area is 185 Å². The van der Waals surface area contributed by atoms with Gasteiger partial charge in [0.2, 0.25) is 0 Å². The number of aromatic amines is 1. The predicted octanol–water partition coefficient (Wildman–Crippen LogP) is 5.49. The second kappa shape index (κ2) is 6.76. The van der Waals surface area contributed by atoms with E-state index < -0.39 is 5.54 Å². The van der Waals surface area contributed by atoms with E-state index in [4.69, 9.17) is 18.2 Å². The van der Waals surface area contributed by atoms with E-state index in [1.54, 1.807) is 12.3 Å². The van der Waals surface area contributed by atoms with Crippen molar-refractivity contribution < 1.29 is 9.90 Å². The number of aromatic nitrogens is 1. The fourth-order valence-electron chi connectivity index (χ4n) is 4.71. The molecule has 0 saturated carbocycles. The van der Waals surface area contributed by atoms with Gasteiger partial charge in [0, 0.05) is 39.9 Å². The number of aromatic hydroxyl groups is 1. The Kier molecular flexibility index (Phi) is 4.25. The van der Waals surface area contributed by atoms with Crippen LogP contribution in [0.3, 0.4) is 0 Å². The lowest BCUT2D eigenvalue weighted by molar-refractivity contribution is 0.102. The van der Waals surface area contributed by atoms with Gasteiger partial charge in [-0.05, 0) is 62.2 Å². The van der Waals surface area contributed by atoms with Crippen molar-refractivity contribution in [3.05, 3.63) is 98.8 Å². The first kappa shape index (κ1) is 19.5. The van der Waals surface area contributed by atoms with E-state index in [0.29, 0.717) is 22.8 Å². The van der Waals surface area contributed by atoms with E-state index in [2.05, 4.69) is 39.9 Å². The number of phenolic OH excluding ortho intramolecular Hbond substituents is 1. The zero-order valence-corrected chi connectivity index (χ0v) is 17.9. The number of phenols is 1. The van der Waals surface area contributed by atoms with Crippen LogP contribution in [0.2, 0.25) is 5.02 Å². The quantitative estimate of drug-likeness (QED) is 0.418. The van der Waals surface area contributed by atoms with Crippen molar-refractivity contribution in [1.82, 2.24) is 9.88 Å². The van der Waals surface area contributed by atoms with Crippen LogP contribution < -0.4 is 0 Å². The van der Waals surface area contributed by atoms with Crippen LogP contribution in [0.1, 0.15) is 34.1 Å². The summed E-state index contributed by atoms with van der Waals surface area (Å²) in [6, 6.07) is 10.7. The summed E-state index contributed by atoms with van der Waals surface area (Å²) in [4.78, 5) is 22.6. The van der Waals surface area contributed by atoms with Gasteiger partial charge in [-0.25, -0.2) is 4.85 Å². The summed E-state index contributed by atoms with van der Waals surface area (Å²) in [6.07, 6.45) is 4.25. The Hall–Kier alpha value is -3.49. The Bertz CT molecular complexity index is 1380. The number of hydrogen-bond donors (Lipinski definition) is 2. The lowest BCUT2D eigenvalue weighted by atomic mass is 9.80. The highest BCUT2D eigenvalue weighted by atomic mass is 35.5. The molecule has 3 aromatic rings. The van der Waals surface area contributed by atoms with Gasteiger partial charge in [0.15, 0.2) is 11.5 Å². The van der Waals surface area contributed by atoms with Crippen LogP contribution in [0.15, 0.2) is 59.9 Å². The molecule has 1 unspecified atom stereocenters. The summed E-state index contributed by atoms with van der Waals surface area (Å²) in [5, 5.41) is 11.7. The number of halogens is 1. The molecular formula is C25H20ClN3O2. The molecule has 2 N–H and O–H groups in total. The first-order valence-corrected chi connectivity index (χ1v) is 10.4. The monoisotopic (exact) mass is 429 g/mol. The second-order valence-corrected chi connectivity index (χ2v) is 8.70. The zero-order valence-electron chi connectivity index (χ0n) is 17.2. The lowest BCUT2D eigenvalue weighted by Gasteiger charge is -2.46. The van der Waals surface area contributed by atoms with Crippen molar-refractivity contribution in [2.24, 2.45) is 0 Å². The molecule has 1 atom stereocenters. The van der Waals surface area contributed by atoms with Gasteiger partial charge in [-0.1, -0.05) is 23.2 Å². The molecule has 0 amide bonds. The summed E-state index contributed by atoms with van der Waals surface area (Å²) >= 11 is 6.03. The first-order valence-electron chi connectivity index (χ1n) is 10.1. The second-order valence-electron chi connectivity index (χ2n) is 8.26. The third-order valence-corrected chi connectivity index (χ3v) is 6.63. The van der Waals surface area contributed by atoms with Crippen LogP contribution in [-0.4, -0.2) is 27.3 Å². The average Bonchev–Trinajstić information content (AvgIpc) is 3.13. The normalized spacial score (nSPS) is 19.9. The number of H-pyrrole nitrogens is 1. The number of Topliss-reactive ketones (excluding diaryl/α,β-unsaturated/α-hetero) is 1. The minimum absolute atomic E-state index is 0.127. The van der Waals surface area contributed by atoms with Crippen LogP contribution in [0.25, 0.3) is 15.7 Å². The molecule has 1 aromatic heterocycles. The third-order valence-electron chi connectivity index (χ3n) is 6.40. The number of aryl methyl sites for hydroxylation is 1. The zero-order chi connectivity index (χ0) is 21.9. The lowest BCUT2D eigenvalue weighted by Crippen LogP contribution is -2.48. The molecule has 0 spiro atoms. The first-order chi connectivity index (χ1) is 14.8. The fraction of sp³-hybridized carbons (Fsp3) is 0.200. The number of nitrogens with zero attached hydrogens (tertiary/aromatic N) is 2. The molecule has 2 aliphatic heterocycles. The van der Waals surface area contributed by atoms with Crippen molar-refractivity contribution in [2.45, 2.75) is 25.8 Å². The van der Waals surface area contributed by atoms with Crippen molar-refractivity contribution >= 4 is 28.3 Å². The van der Waals surface area contributed by atoms with Crippen molar-refractivity contribution in [1.29, 1.82) is 0 Å². The minimum atomic E-state index is -0.692. The van der Waals surface area contributed by atoms with E-state index in [9.17, 15) is 9.90 Å². The molecular weight excluding hydrogens is 410 g/mol. The topological polar surface area (TPSA) is 60.7 Å². The molecule has 0 saturated heterocycles. The molecule has 0 radical (unpaired) electrons. The molecule has 5 rings (SSSR count). The Morgan fingerprint density at radius 3 is 2.87 bits per heavy atom. The van der Waals surface area contributed by atoms with Crippen LogP contribution in [0.5, 0.6) is 5.75 Å². The molecule has 2 aromatic carbocycles. The number of fused-ring (bicyclic) bond motifs is 5. The number of carbonyl (C=O) groups excluding carboxylic acids is 1. The number of carbonyl (C=O) groups is 1. The highest BCUT2D eigenvalue weighted by molar-refractivity contribution is 6.31. The van der Waals surface area contributed by atoms with Gasteiger partial charge < -0.3 is 15.0 Å². The van der Waals surface area contributed by atoms with Gasteiger partial charge >= 0.3 is 0 Å². The molecule has 0 fully saturated rings. The standard InChI is InChI=1S/C25H20ClN3O2/c1-14-4-6-20-18(10-14)17-8-9-29-13-15(11-22(27-3)25(29,2)24(17)28-20)23(31)19-12-16(26)5-7-21(19)30/h4-7,10-13,28,30H,8-9H2,1-2H3. The molecule has 6 heteroatoms. The van der Waals surface area contributed by atoms with Crippen LogP contribution >= 0.6 is 11.6 Å². The van der Waals surface area contributed by atoms with Crippen molar-refractivity contribution in [3.8, 4) is 5.75 Å². The number of allylic oxidation sites excluding steroid dienone is 2. The fourth-order valence-corrected chi connectivity index (χ4v) is 4.88. The maximum Gasteiger partial charge on any atom is 0.196 e. The number of nitrogens with one attached hydrogen (secondary N) is 1. The number of hydrogen-bond acceptors (Lipinski definition) is 3. The molecule has 0 bridgehead atoms. The molecule has 0 aliphatic carbocycles.